The Balaban J connectivity index is 2.98. The smallest absolute Gasteiger partial charge is 0.244 e. The lowest BCUT2D eigenvalue weighted by molar-refractivity contribution is -0.129. The quantitative estimate of drug-likeness (QED) is 0.601. The summed E-state index contributed by atoms with van der Waals surface area (Å²) in [6, 6.07) is 3.78. The Morgan fingerprint density at radius 2 is 1.89 bits per heavy atom. The Morgan fingerprint density at radius 3 is 2.37 bits per heavy atom. The highest BCUT2D eigenvalue weighted by Gasteiger charge is 2.36. The summed E-state index contributed by atoms with van der Waals surface area (Å²) in [5, 5.41) is 3.11. The van der Waals surface area contributed by atoms with E-state index in [0.29, 0.717) is 21.9 Å². The molecule has 0 saturated carbocycles. The lowest BCUT2D eigenvalue weighted by Gasteiger charge is -2.37. The largest absolute Gasteiger partial charge is 0.496 e. The first-order valence-electron chi connectivity index (χ1n) is 8.91. The van der Waals surface area contributed by atoms with Crippen molar-refractivity contribution < 1.29 is 18.8 Å². The zero-order valence-corrected chi connectivity index (χ0v) is 18.9. The van der Waals surface area contributed by atoms with Crippen molar-refractivity contribution in [1.29, 1.82) is 0 Å². The summed E-state index contributed by atoms with van der Waals surface area (Å²) in [5.74, 6) is -0.605. The molecule has 2 amide bonds. The summed E-state index contributed by atoms with van der Waals surface area (Å²) in [6.45, 7) is 12.3. The average Bonchev–Trinajstić information content (AvgIpc) is 2.50. The molecule has 0 heterocycles. The Labute approximate surface area is 167 Å². The van der Waals surface area contributed by atoms with Crippen LogP contribution in [0.2, 0.25) is 23.7 Å². The summed E-state index contributed by atoms with van der Waals surface area (Å²) in [6.07, 6.45) is 0.100. The molecule has 1 unspecified atom stereocenters. The van der Waals surface area contributed by atoms with Crippen molar-refractivity contribution in [2.75, 3.05) is 7.11 Å². The number of carbonyl (C=O) groups is 2. The van der Waals surface area contributed by atoms with Gasteiger partial charge >= 0.3 is 0 Å². The van der Waals surface area contributed by atoms with Gasteiger partial charge in [-0.3, -0.25) is 9.59 Å². The maximum absolute atomic E-state index is 12.6. The van der Waals surface area contributed by atoms with Crippen molar-refractivity contribution in [3.8, 4) is 5.75 Å². The van der Waals surface area contributed by atoms with E-state index in [1.165, 1.54) is 7.11 Å². The molecular weight excluding hydrogens is 384 g/mol. The lowest BCUT2D eigenvalue weighted by Crippen LogP contribution is -2.46. The fraction of sp³-hybridized carbons (Fsp3) is 0.579. The van der Waals surface area contributed by atoms with E-state index in [4.69, 9.17) is 26.5 Å². The highest BCUT2D eigenvalue weighted by atomic mass is 35.5. The summed E-state index contributed by atoms with van der Waals surface area (Å²) in [4.78, 5) is 24.6. The number of halogens is 1. The molecule has 0 bridgehead atoms. The summed E-state index contributed by atoms with van der Waals surface area (Å²) in [5.41, 5.74) is 5.69. The number of methoxy groups -OCH3 is 1. The maximum Gasteiger partial charge on any atom is 0.244 e. The molecule has 0 aromatic heterocycles. The van der Waals surface area contributed by atoms with E-state index in [0.717, 1.165) is 0 Å². The van der Waals surface area contributed by atoms with E-state index >= 15 is 0 Å². The normalized spacial score (nSPS) is 13.4. The van der Waals surface area contributed by atoms with Gasteiger partial charge in [-0.1, -0.05) is 25.4 Å². The molecule has 1 aromatic rings. The lowest BCUT2D eigenvalue weighted by atomic mass is 10.0. The van der Waals surface area contributed by atoms with Crippen molar-refractivity contribution in [1.82, 2.24) is 5.32 Å². The van der Waals surface area contributed by atoms with Crippen LogP contribution in [-0.2, 0) is 14.0 Å². The van der Waals surface area contributed by atoms with Crippen LogP contribution in [0.5, 0.6) is 5.75 Å². The number of carbonyl (C=O) groups excluding carboxylic acids is 2. The Kier molecular flexibility index (Phi) is 7.89. The fourth-order valence-electron chi connectivity index (χ4n) is 2.70. The Hall–Kier alpha value is -1.57. The highest BCUT2D eigenvalue weighted by Crippen LogP contribution is 2.31. The van der Waals surface area contributed by atoms with Crippen LogP contribution in [0.15, 0.2) is 18.2 Å². The van der Waals surface area contributed by atoms with E-state index in [9.17, 15) is 9.59 Å². The average molecular weight is 415 g/mol. The van der Waals surface area contributed by atoms with E-state index in [1.54, 1.807) is 18.2 Å². The summed E-state index contributed by atoms with van der Waals surface area (Å²) >= 11 is 6.03. The van der Waals surface area contributed by atoms with Crippen LogP contribution in [0.4, 0.5) is 0 Å². The van der Waals surface area contributed by atoms with Gasteiger partial charge in [0.15, 0.2) is 8.32 Å². The Morgan fingerprint density at radius 1 is 1.30 bits per heavy atom. The zero-order valence-electron chi connectivity index (χ0n) is 17.2. The molecule has 0 aliphatic rings. The van der Waals surface area contributed by atoms with Gasteiger partial charge in [0.05, 0.1) is 19.1 Å². The van der Waals surface area contributed by atoms with Crippen molar-refractivity contribution >= 4 is 31.7 Å². The van der Waals surface area contributed by atoms with Crippen LogP contribution < -0.4 is 15.8 Å². The van der Waals surface area contributed by atoms with Gasteiger partial charge in [0.25, 0.3) is 0 Å². The van der Waals surface area contributed by atoms with Crippen LogP contribution in [-0.4, -0.2) is 32.8 Å². The predicted molar refractivity (Wildman–Crippen MR) is 110 cm³/mol. The monoisotopic (exact) mass is 414 g/mol. The van der Waals surface area contributed by atoms with Gasteiger partial charge in [-0.05, 0) is 50.7 Å². The molecule has 1 rings (SSSR count). The maximum atomic E-state index is 12.6. The van der Waals surface area contributed by atoms with Crippen LogP contribution in [0.25, 0.3) is 0 Å². The van der Waals surface area contributed by atoms with Gasteiger partial charge in [0, 0.05) is 10.6 Å². The molecule has 1 atom stereocenters. The minimum Gasteiger partial charge on any atom is -0.496 e. The second-order valence-electron chi connectivity index (χ2n) is 8.09. The molecule has 0 spiro atoms. The zero-order chi connectivity index (χ0) is 21.0. The van der Waals surface area contributed by atoms with Crippen LogP contribution in [0.3, 0.4) is 0 Å². The second-order valence-corrected chi connectivity index (χ2v) is 13.1. The van der Waals surface area contributed by atoms with Crippen LogP contribution in [0, 0.1) is 0 Å². The Bertz CT molecular complexity index is 692. The van der Waals surface area contributed by atoms with Gasteiger partial charge in [0.2, 0.25) is 11.8 Å². The molecule has 8 heteroatoms. The molecule has 0 radical (unpaired) electrons. The first-order chi connectivity index (χ1) is 12.3. The van der Waals surface area contributed by atoms with E-state index in [1.807, 2.05) is 13.8 Å². The molecule has 152 valence electrons. The van der Waals surface area contributed by atoms with Crippen molar-refractivity contribution in [2.24, 2.45) is 5.73 Å². The van der Waals surface area contributed by atoms with E-state index in [2.05, 4.69) is 32.3 Å². The molecule has 0 aliphatic carbocycles. The number of amides is 2. The number of nitrogens with two attached hydrogens (primary N) is 1. The first-order valence-corrected chi connectivity index (χ1v) is 12.3. The third kappa shape index (κ3) is 6.83. The standard InChI is InChI=1S/C19H31ClN2O4Si/c1-12(2)27(6,7)26-19(3,4)11-16(23)22-17(18(21)24)14-10-13(20)8-9-15(14)25-5/h8-10,12,17H,11H2,1-7H3,(H2,21,24)(H,22,23). The molecule has 3 N–H and O–H groups in total. The van der Waals surface area contributed by atoms with Crippen molar-refractivity contribution in [3.63, 3.8) is 0 Å². The summed E-state index contributed by atoms with van der Waals surface area (Å²) < 4.78 is 11.6. The topological polar surface area (TPSA) is 90.7 Å². The molecule has 0 fully saturated rings. The SMILES string of the molecule is COc1ccc(Cl)cc1C(NC(=O)CC(C)(C)O[Si](C)(C)C(C)C)C(N)=O. The molecule has 0 saturated heterocycles. The van der Waals surface area contributed by atoms with Crippen molar-refractivity contribution in [3.05, 3.63) is 28.8 Å². The minimum absolute atomic E-state index is 0.100. The van der Waals surface area contributed by atoms with Gasteiger partial charge in [-0.15, -0.1) is 0 Å². The summed E-state index contributed by atoms with van der Waals surface area (Å²) in [7, 11) is -0.465. The number of hydrogen-bond acceptors (Lipinski definition) is 4. The van der Waals surface area contributed by atoms with E-state index in [-0.39, 0.29) is 12.3 Å². The first kappa shape index (κ1) is 23.5. The number of benzene rings is 1. The van der Waals surface area contributed by atoms with Gasteiger partial charge < -0.3 is 20.2 Å². The second kappa shape index (κ2) is 9.08. The molecular formula is C19H31ClN2O4Si. The van der Waals surface area contributed by atoms with Gasteiger partial charge in [-0.25, -0.2) is 0 Å². The van der Waals surface area contributed by atoms with Gasteiger partial charge in [-0.2, -0.15) is 0 Å². The third-order valence-electron chi connectivity index (χ3n) is 4.61. The number of rotatable bonds is 9. The molecule has 0 aliphatic heterocycles. The fourth-order valence-corrected chi connectivity index (χ4v) is 4.61. The molecule has 6 nitrogen and oxygen atoms in total. The third-order valence-corrected chi connectivity index (χ3v) is 8.70. The van der Waals surface area contributed by atoms with Crippen LogP contribution >= 0.6 is 11.6 Å². The van der Waals surface area contributed by atoms with Gasteiger partial charge in [0.1, 0.15) is 11.8 Å². The number of ether oxygens (including phenoxy) is 1. The predicted octanol–water partition coefficient (Wildman–Crippen LogP) is 3.79. The van der Waals surface area contributed by atoms with Crippen molar-refractivity contribution in [2.45, 2.75) is 64.4 Å². The molecule has 1 aromatic carbocycles. The highest BCUT2D eigenvalue weighted by molar-refractivity contribution is 6.72. The minimum atomic E-state index is -1.94. The molecule has 27 heavy (non-hydrogen) atoms. The van der Waals surface area contributed by atoms with E-state index < -0.39 is 25.9 Å². The number of hydrogen-bond donors (Lipinski definition) is 2. The number of primary amides is 1. The number of nitrogens with one attached hydrogen (secondary N) is 1. The van der Waals surface area contributed by atoms with Crippen LogP contribution in [0.1, 0.15) is 45.7 Å².